The molecule has 3 aromatic rings. The Hall–Kier alpha value is -2.15. The lowest BCUT2D eigenvalue weighted by atomic mass is 10.2. The first kappa shape index (κ1) is 22.1. The number of rotatable bonds is 7. The second-order valence-electron chi connectivity index (χ2n) is 6.38. The molecule has 0 aliphatic heterocycles. The molecule has 0 aliphatic carbocycles. The summed E-state index contributed by atoms with van der Waals surface area (Å²) in [7, 11) is 0. The molecule has 0 radical (unpaired) electrons. The molecule has 0 saturated carbocycles. The lowest BCUT2D eigenvalue weighted by molar-refractivity contribution is -0.131. The van der Waals surface area contributed by atoms with Gasteiger partial charge in [-0.15, -0.1) is 0 Å². The van der Waals surface area contributed by atoms with Gasteiger partial charge in [-0.1, -0.05) is 37.0 Å². The van der Waals surface area contributed by atoms with E-state index in [2.05, 4.69) is 23.8 Å². The summed E-state index contributed by atoms with van der Waals surface area (Å²) in [5, 5.41) is 0.931. The molecule has 28 heavy (non-hydrogen) atoms. The van der Waals surface area contributed by atoms with Gasteiger partial charge in [-0.25, -0.2) is 9.97 Å². The average molecular weight is 423 g/mol. The number of amides is 1. The molecule has 0 bridgehead atoms. The molecular weight excluding hydrogens is 399 g/mol. The molecule has 2 aromatic heterocycles. The molecule has 0 unspecified atom stereocenters. The van der Waals surface area contributed by atoms with Gasteiger partial charge in [0.05, 0.1) is 10.0 Å². The monoisotopic (exact) mass is 422 g/mol. The lowest BCUT2D eigenvalue weighted by Gasteiger charge is -2.22. The SMILES string of the molecule is CCCN(CCC)C(=O)Cn1c(-c2ccc(Cl)c(Cl)c2)nc2cccnc21.O. The van der Waals surface area contributed by atoms with E-state index in [9.17, 15) is 4.79 Å². The predicted octanol–water partition coefficient (Wildman–Crippen LogP) is 4.23. The van der Waals surface area contributed by atoms with Gasteiger partial charge in [0.15, 0.2) is 5.65 Å². The molecule has 0 saturated heterocycles. The van der Waals surface area contributed by atoms with E-state index >= 15 is 0 Å². The Morgan fingerprint density at radius 2 is 1.82 bits per heavy atom. The van der Waals surface area contributed by atoms with E-state index in [4.69, 9.17) is 23.2 Å². The van der Waals surface area contributed by atoms with E-state index in [-0.39, 0.29) is 17.9 Å². The van der Waals surface area contributed by atoms with Gasteiger partial charge in [0, 0.05) is 24.8 Å². The van der Waals surface area contributed by atoms with Gasteiger partial charge in [-0.3, -0.25) is 9.36 Å². The topological polar surface area (TPSA) is 82.5 Å². The number of nitrogens with zero attached hydrogens (tertiary/aromatic N) is 4. The second-order valence-corrected chi connectivity index (χ2v) is 7.19. The summed E-state index contributed by atoms with van der Waals surface area (Å²) in [5.41, 5.74) is 2.22. The Morgan fingerprint density at radius 1 is 1.11 bits per heavy atom. The van der Waals surface area contributed by atoms with Crippen molar-refractivity contribution in [3.8, 4) is 11.4 Å². The minimum absolute atomic E-state index is 0. The van der Waals surface area contributed by atoms with Crippen molar-refractivity contribution in [2.45, 2.75) is 33.2 Å². The summed E-state index contributed by atoms with van der Waals surface area (Å²) < 4.78 is 1.86. The van der Waals surface area contributed by atoms with Crippen molar-refractivity contribution in [2.75, 3.05) is 13.1 Å². The van der Waals surface area contributed by atoms with Crippen LogP contribution in [-0.4, -0.2) is 43.9 Å². The fourth-order valence-corrected chi connectivity index (χ4v) is 3.40. The number of imidazole rings is 1. The van der Waals surface area contributed by atoms with Crippen LogP contribution in [-0.2, 0) is 11.3 Å². The first-order valence-electron chi connectivity index (χ1n) is 9.09. The first-order chi connectivity index (χ1) is 13.0. The number of hydrogen-bond donors (Lipinski definition) is 0. The van der Waals surface area contributed by atoms with Gasteiger partial charge in [0.1, 0.15) is 17.9 Å². The smallest absolute Gasteiger partial charge is 0.242 e. The molecule has 0 spiro atoms. The minimum atomic E-state index is 0. The van der Waals surface area contributed by atoms with Crippen LogP contribution in [0.3, 0.4) is 0 Å². The third kappa shape index (κ3) is 4.63. The molecule has 3 rings (SSSR count). The van der Waals surface area contributed by atoms with E-state index in [0.717, 1.165) is 37.0 Å². The Kier molecular flexibility index (Phi) is 7.80. The highest BCUT2D eigenvalue weighted by Gasteiger charge is 2.19. The predicted molar refractivity (Wildman–Crippen MR) is 114 cm³/mol. The first-order valence-corrected chi connectivity index (χ1v) is 9.85. The highest BCUT2D eigenvalue weighted by Crippen LogP contribution is 2.30. The number of pyridine rings is 1. The van der Waals surface area contributed by atoms with E-state index < -0.39 is 0 Å². The van der Waals surface area contributed by atoms with Crippen LogP contribution in [0.5, 0.6) is 0 Å². The van der Waals surface area contributed by atoms with Crippen molar-refractivity contribution in [3.63, 3.8) is 0 Å². The van der Waals surface area contributed by atoms with Crippen molar-refractivity contribution < 1.29 is 10.3 Å². The zero-order valence-electron chi connectivity index (χ0n) is 16.0. The fraction of sp³-hybridized carbons (Fsp3) is 0.350. The maximum absolute atomic E-state index is 12.9. The van der Waals surface area contributed by atoms with Crippen LogP contribution in [0.4, 0.5) is 0 Å². The number of halogens is 2. The van der Waals surface area contributed by atoms with E-state index in [1.807, 2.05) is 27.7 Å². The van der Waals surface area contributed by atoms with Crippen LogP contribution in [0.25, 0.3) is 22.6 Å². The van der Waals surface area contributed by atoms with E-state index in [1.165, 1.54) is 0 Å². The fourth-order valence-electron chi connectivity index (χ4n) is 3.10. The van der Waals surface area contributed by atoms with Crippen LogP contribution in [0, 0.1) is 0 Å². The van der Waals surface area contributed by atoms with E-state index in [0.29, 0.717) is 21.5 Å². The summed E-state index contributed by atoms with van der Waals surface area (Å²) in [6.45, 7) is 5.82. The summed E-state index contributed by atoms with van der Waals surface area (Å²) >= 11 is 12.2. The molecular formula is C20H24Cl2N4O2. The standard InChI is InChI=1S/C20H22Cl2N4O.H2O/c1-3-10-25(11-4-2)18(27)13-26-19(14-7-8-15(21)16(22)12-14)24-17-6-5-9-23-20(17)26;/h5-9,12H,3-4,10-11,13H2,1-2H3;1H2. The van der Waals surface area contributed by atoms with Crippen LogP contribution in [0.2, 0.25) is 10.0 Å². The van der Waals surface area contributed by atoms with Crippen LogP contribution < -0.4 is 0 Å². The molecule has 2 heterocycles. The quantitative estimate of drug-likeness (QED) is 0.570. The Balaban J connectivity index is 0.00000280. The molecule has 0 aliphatic rings. The molecule has 8 heteroatoms. The van der Waals surface area contributed by atoms with Gasteiger partial charge < -0.3 is 10.4 Å². The molecule has 150 valence electrons. The maximum Gasteiger partial charge on any atom is 0.242 e. The van der Waals surface area contributed by atoms with Crippen molar-refractivity contribution in [3.05, 3.63) is 46.6 Å². The number of carbonyl (C=O) groups is 1. The summed E-state index contributed by atoms with van der Waals surface area (Å²) in [5.74, 6) is 0.716. The second kappa shape index (κ2) is 9.87. The number of hydrogen-bond acceptors (Lipinski definition) is 3. The Morgan fingerprint density at radius 3 is 2.46 bits per heavy atom. The van der Waals surface area contributed by atoms with Gasteiger partial charge in [0.2, 0.25) is 5.91 Å². The third-order valence-electron chi connectivity index (χ3n) is 4.31. The van der Waals surface area contributed by atoms with Crippen LogP contribution >= 0.6 is 23.2 Å². The highest BCUT2D eigenvalue weighted by atomic mass is 35.5. The number of fused-ring (bicyclic) bond motifs is 1. The highest BCUT2D eigenvalue weighted by molar-refractivity contribution is 6.42. The number of aromatic nitrogens is 3. The summed E-state index contributed by atoms with van der Waals surface area (Å²) in [4.78, 5) is 24.0. The van der Waals surface area contributed by atoms with Crippen molar-refractivity contribution >= 4 is 40.3 Å². The van der Waals surface area contributed by atoms with Gasteiger partial charge in [-0.2, -0.15) is 0 Å². The zero-order valence-corrected chi connectivity index (χ0v) is 17.5. The van der Waals surface area contributed by atoms with Crippen molar-refractivity contribution in [1.82, 2.24) is 19.4 Å². The molecule has 2 N–H and O–H groups in total. The molecule has 1 aromatic carbocycles. The molecule has 0 atom stereocenters. The number of benzene rings is 1. The molecule has 0 fully saturated rings. The Bertz CT molecular complexity index is 953. The normalized spacial score (nSPS) is 10.7. The van der Waals surface area contributed by atoms with Gasteiger partial charge in [0.25, 0.3) is 0 Å². The maximum atomic E-state index is 12.9. The summed E-state index contributed by atoms with van der Waals surface area (Å²) in [6.07, 6.45) is 3.56. The average Bonchev–Trinajstić information content (AvgIpc) is 3.02. The third-order valence-corrected chi connectivity index (χ3v) is 5.05. The molecule has 6 nitrogen and oxygen atoms in total. The van der Waals surface area contributed by atoms with E-state index in [1.54, 1.807) is 18.3 Å². The lowest BCUT2D eigenvalue weighted by Crippen LogP contribution is -2.35. The van der Waals surface area contributed by atoms with Crippen molar-refractivity contribution in [1.29, 1.82) is 0 Å². The van der Waals surface area contributed by atoms with Crippen LogP contribution in [0.15, 0.2) is 36.5 Å². The van der Waals surface area contributed by atoms with Gasteiger partial charge >= 0.3 is 0 Å². The minimum Gasteiger partial charge on any atom is -0.412 e. The largest absolute Gasteiger partial charge is 0.412 e. The molecule has 1 amide bonds. The summed E-state index contributed by atoms with van der Waals surface area (Å²) in [6, 6.07) is 9.08. The Labute approximate surface area is 174 Å². The van der Waals surface area contributed by atoms with Gasteiger partial charge in [-0.05, 0) is 43.2 Å². The number of carbonyl (C=O) groups excluding carboxylic acids is 1. The van der Waals surface area contributed by atoms with Crippen LogP contribution in [0.1, 0.15) is 26.7 Å². The zero-order chi connectivity index (χ0) is 19.4. The van der Waals surface area contributed by atoms with Crippen molar-refractivity contribution in [2.24, 2.45) is 0 Å².